The first-order valence-corrected chi connectivity index (χ1v) is 13.2. The highest BCUT2D eigenvalue weighted by atomic mass is 35.5. The van der Waals surface area contributed by atoms with Crippen LogP contribution in [0.15, 0.2) is 83.8 Å². The van der Waals surface area contributed by atoms with Crippen LogP contribution in [-0.2, 0) is 0 Å². The second kappa shape index (κ2) is 10.1. The fourth-order valence-corrected chi connectivity index (χ4v) is 5.47. The molecule has 0 aliphatic heterocycles. The average molecular weight is 527 g/mol. The van der Waals surface area contributed by atoms with Crippen molar-refractivity contribution in [2.45, 2.75) is 38.0 Å². The summed E-state index contributed by atoms with van der Waals surface area (Å²) < 4.78 is 1.33. The van der Waals surface area contributed by atoms with Crippen molar-refractivity contribution in [2.24, 2.45) is 0 Å². The van der Waals surface area contributed by atoms with E-state index in [2.05, 4.69) is 27.4 Å². The summed E-state index contributed by atoms with van der Waals surface area (Å²) in [5, 5.41) is 14.7. The summed E-state index contributed by atoms with van der Waals surface area (Å²) in [6.07, 6.45) is 8.03. The average Bonchev–Trinajstić information content (AvgIpc) is 2.94. The summed E-state index contributed by atoms with van der Waals surface area (Å²) in [5.74, 6) is 0.599. The SMILES string of the molecule is O=c1c(-c2ccc(C3CCCCC3)cc2)nnc2c(-c3ccc(Cl)cc3)c(-c3ccc(Cl)cc3)cnn12. The molecule has 0 spiro atoms. The Morgan fingerprint density at radius 1 is 0.703 bits per heavy atom. The lowest BCUT2D eigenvalue weighted by Crippen LogP contribution is -2.22. The molecule has 0 radical (unpaired) electrons. The van der Waals surface area contributed by atoms with Crippen LogP contribution in [0, 0.1) is 0 Å². The van der Waals surface area contributed by atoms with Gasteiger partial charge >= 0.3 is 5.56 Å². The number of fused-ring (bicyclic) bond motifs is 1. The molecule has 0 N–H and O–H groups in total. The second-order valence-electron chi connectivity index (χ2n) is 9.49. The van der Waals surface area contributed by atoms with Crippen LogP contribution in [0.1, 0.15) is 43.6 Å². The molecule has 1 fully saturated rings. The standard InChI is InChI=1S/C30H24Cl2N4O/c31-24-14-10-21(11-15-24)26-18-33-36-29(27(26)22-12-16-25(32)17-13-22)35-34-28(30(36)37)23-8-6-20(7-9-23)19-4-2-1-3-5-19/h6-19H,1-5H2. The Kier molecular flexibility index (Phi) is 6.49. The zero-order valence-corrected chi connectivity index (χ0v) is 21.6. The molecule has 1 saturated carbocycles. The lowest BCUT2D eigenvalue weighted by molar-refractivity contribution is 0.443. The summed E-state index contributed by atoms with van der Waals surface area (Å²) in [4.78, 5) is 13.6. The highest BCUT2D eigenvalue weighted by Gasteiger charge is 2.20. The number of benzene rings is 3. The van der Waals surface area contributed by atoms with Gasteiger partial charge in [0.1, 0.15) is 0 Å². The minimum Gasteiger partial charge on any atom is -0.265 e. The van der Waals surface area contributed by atoms with Crippen LogP contribution in [0.2, 0.25) is 10.0 Å². The van der Waals surface area contributed by atoms with Crippen molar-refractivity contribution in [1.29, 1.82) is 0 Å². The summed E-state index contributed by atoms with van der Waals surface area (Å²) in [7, 11) is 0. The lowest BCUT2D eigenvalue weighted by Gasteiger charge is -2.22. The summed E-state index contributed by atoms with van der Waals surface area (Å²) in [6.45, 7) is 0. The molecule has 184 valence electrons. The quantitative estimate of drug-likeness (QED) is 0.239. The highest BCUT2D eigenvalue weighted by molar-refractivity contribution is 6.31. The molecule has 1 aliphatic carbocycles. The Labute approximate surface area is 224 Å². The second-order valence-corrected chi connectivity index (χ2v) is 10.4. The Hall–Kier alpha value is -3.54. The molecule has 5 aromatic rings. The van der Waals surface area contributed by atoms with Gasteiger partial charge in [-0.05, 0) is 59.7 Å². The van der Waals surface area contributed by atoms with Gasteiger partial charge in [0.25, 0.3) is 0 Å². The molecule has 2 aromatic heterocycles. The molecule has 2 heterocycles. The van der Waals surface area contributed by atoms with Crippen molar-refractivity contribution in [3.05, 3.63) is 105 Å². The normalized spacial score (nSPS) is 14.2. The first-order valence-electron chi connectivity index (χ1n) is 12.5. The number of aromatic nitrogens is 4. The molecule has 0 unspecified atom stereocenters. The van der Waals surface area contributed by atoms with Crippen molar-refractivity contribution in [1.82, 2.24) is 19.8 Å². The Morgan fingerprint density at radius 3 is 1.95 bits per heavy atom. The molecule has 7 heteroatoms. The Morgan fingerprint density at radius 2 is 1.30 bits per heavy atom. The van der Waals surface area contributed by atoms with Gasteiger partial charge in [-0.15, -0.1) is 10.2 Å². The molecular formula is C30H24Cl2N4O. The number of nitrogens with zero attached hydrogens (tertiary/aromatic N) is 4. The first kappa shape index (κ1) is 23.8. The summed E-state index contributed by atoms with van der Waals surface area (Å²) in [5.41, 5.74) is 5.73. The van der Waals surface area contributed by atoms with Gasteiger partial charge in [-0.2, -0.15) is 9.61 Å². The maximum Gasteiger partial charge on any atom is 0.301 e. The fraction of sp³-hybridized carbons (Fsp3) is 0.200. The van der Waals surface area contributed by atoms with Crippen LogP contribution < -0.4 is 5.56 Å². The molecule has 0 saturated heterocycles. The van der Waals surface area contributed by atoms with E-state index >= 15 is 0 Å². The van der Waals surface area contributed by atoms with E-state index in [1.54, 1.807) is 6.20 Å². The maximum absolute atomic E-state index is 13.6. The minimum absolute atomic E-state index is 0.279. The number of hydrogen-bond donors (Lipinski definition) is 0. The third kappa shape index (κ3) is 4.65. The lowest BCUT2D eigenvalue weighted by atomic mass is 9.84. The zero-order chi connectivity index (χ0) is 25.4. The van der Waals surface area contributed by atoms with E-state index in [0.29, 0.717) is 21.6 Å². The van der Waals surface area contributed by atoms with Crippen molar-refractivity contribution >= 4 is 28.8 Å². The van der Waals surface area contributed by atoms with Gasteiger partial charge in [0, 0.05) is 26.7 Å². The van der Waals surface area contributed by atoms with E-state index in [9.17, 15) is 4.79 Å². The minimum atomic E-state index is -0.312. The van der Waals surface area contributed by atoms with Crippen molar-refractivity contribution in [2.75, 3.05) is 0 Å². The van der Waals surface area contributed by atoms with Gasteiger partial charge in [-0.25, -0.2) is 0 Å². The molecule has 6 rings (SSSR count). The predicted molar refractivity (Wildman–Crippen MR) is 149 cm³/mol. The van der Waals surface area contributed by atoms with Gasteiger partial charge < -0.3 is 0 Å². The van der Waals surface area contributed by atoms with E-state index in [1.807, 2.05) is 60.7 Å². The number of halogens is 2. The van der Waals surface area contributed by atoms with Crippen LogP contribution in [0.4, 0.5) is 0 Å². The van der Waals surface area contributed by atoms with Crippen LogP contribution in [0.5, 0.6) is 0 Å². The number of hydrogen-bond acceptors (Lipinski definition) is 4. The first-order chi connectivity index (χ1) is 18.1. The Balaban J connectivity index is 1.48. The fourth-order valence-electron chi connectivity index (χ4n) is 5.22. The maximum atomic E-state index is 13.6. The van der Waals surface area contributed by atoms with Crippen LogP contribution in [-0.4, -0.2) is 19.8 Å². The number of rotatable bonds is 4. The van der Waals surface area contributed by atoms with Crippen LogP contribution >= 0.6 is 23.2 Å². The monoisotopic (exact) mass is 526 g/mol. The largest absolute Gasteiger partial charge is 0.301 e. The van der Waals surface area contributed by atoms with Gasteiger partial charge in [0.05, 0.1) is 6.20 Å². The molecule has 0 amide bonds. The predicted octanol–water partition coefficient (Wildman–Crippen LogP) is 7.84. The zero-order valence-electron chi connectivity index (χ0n) is 20.1. The van der Waals surface area contributed by atoms with Crippen molar-refractivity contribution in [3.63, 3.8) is 0 Å². The third-order valence-electron chi connectivity index (χ3n) is 7.18. The van der Waals surface area contributed by atoms with Gasteiger partial charge in [-0.3, -0.25) is 4.79 Å². The Bertz CT molecular complexity index is 1620. The van der Waals surface area contributed by atoms with Crippen molar-refractivity contribution in [3.8, 4) is 33.5 Å². The highest BCUT2D eigenvalue weighted by Crippen LogP contribution is 2.36. The summed E-state index contributed by atoms with van der Waals surface area (Å²) >= 11 is 12.3. The molecule has 0 atom stereocenters. The molecule has 5 nitrogen and oxygen atoms in total. The molecule has 37 heavy (non-hydrogen) atoms. The molecule has 1 aliphatic rings. The van der Waals surface area contributed by atoms with E-state index in [-0.39, 0.29) is 11.3 Å². The molecule has 3 aromatic carbocycles. The van der Waals surface area contributed by atoms with E-state index in [4.69, 9.17) is 23.2 Å². The summed E-state index contributed by atoms with van der Waals surface area (Å²) in [6, 6.07) is 23.1. The third-order valence-corrected chi connectivity index (χ3v) is 7.69. The van der Waals surface area contributed by atoms with E-state index in [1.165, 1.54) is 42.2 Å². The van der Waals surface area contributed by atoms with Crippen LogP contribution in [0.25, 0.3) is 39.2 Å². The van der Waals surface area contributed by atoms with Crippen molar-refractivity contribution < 1.29 is 0 Å². The topological polar surface area (TPSA) is 60.2 Å². The van der Waals surface area contributed by atoms with E-state index < -0.39 is 0 Å². The van der Waals surface area contributed by atoms with Gasteiger partial charge in [0.2, 0.25) is 0 Å². The van der Waals surface area contributed by atoms with E-state index in [0.717, 1.165) is 27.8 Å². The van der Waals surface area contributed by atoms with Gasteiger partial charge in [-0.1, -0.05) is 91.0 Å². The molecule has 0 bridgehead atoms. The van der Waals surface area contributed by atoms with Crippen LogP contribution in [0.3, 0.4) is 0 Å². The smallest absolute Gasteiger partial charge is 0.265 e. The van der Waals surface area contributed by atoms with Gasteiger partial charge in [0.15, 0.2) is 11.3 Å². The molecular weight excluding hydrogens is 503 g/mol.